The van der Waals surface area contributed by atoms with Gasteiger partial charge in [-0.25, -0.2) is 4.39 Å². The molecule has 0 spiro atoms. The van der Waals surface area contributed by atoms with Crippen molar-refractivity contribution in [3.63, 3.8) is 0 Å². The van der Waals surface area contributed by atoms with Crippen molar-refractivity contribution in [2.75, 3.05) is 33.9 Å². The first-order valence-corrected chi connectivity index (χ1v) is 6.78. The molecule has 1 fully saturated rings. The molecule has 110 valence electrons. The predicted octanol–water partition coefficient (Wildman–Crippen LogP) is 1.41. The SMILES string of the molecule is COCC1(C(=O)N(C)Cc2ccccc2F)CCNC1. The van der Waals surface area contributed by atoms with Gasteiger partial charge in [0, 0.05) is 32.8 Å². The van der Waals surface area contributed by atoms with E-state index in [2.05, 4.69) is 5.32 Å². The number of methoxy groups -OCH3 is 1. The molecule has 20 heavy (non-hydrogen) atoms. The second kappa shape index (κ2) is 6.33. The van der Waals surface area contributed by atoms with Gasteiger partial charge < -0.3 is 15.0 Å². The third-order valence-electron chi connectivity index (χ3n) is 3.83. The molecule has 4 nitrogen and oxygen atoms in total. The number of hydrogen-bond acceptors (Lipinski definition) is 3. The van der Waals surface area contributed by atoms with Crippen LogP contribution >= 0.6 is 0 Å². The van der Waals surface area contributed by atoms with Crippen molar-refractivity contribution >= 4 is 5.91 Å². The third-order valence-corrected chi connectivity index (χ3v) is 3.83. The Balaban J connectivity index is 2.10. The first kappa shape index (κ1) is 14.9. The van der Waals surface area contributed by atoms with Gasteiger partial charge in [0.1, 0.15) is 5.82 Å². The molecule has 1 saturated heterocycles. The van der Waals surface area contributed by atoms with E-state index >= 15 is 0 Å². The molecule has 0 bridgehead atoms. The summed E-state index contributed by atoms with van der Waals surface area (Å²) in [7, 11) is 3.31. The van der Waals surface area contributed by atoms with Crippen molar-refractivity contribution in [1.29, 1.82) is 0 Å². The minimum Gasteiger partial charge on any atom is -0.384 e. The fraction of sp³-hybridized carbons (Fsp3) is 0.533. The third kappa shape index (κ3) is 2.99. The minimum absolute atomic E-state index is 0.00704. The summed E-state index contributed by atoms with van der Waals surface area (Å²) in [5.74, 6) is -0.273. The van der Waals surface area contributed by atoms with Crippen LogP contribution in [-0.4, -0.2) is 44.7 Å². The van der Waals surface area contributed by atoms with Gasteiger partial charge in [-0.3, -0.25) is 4.79 Å². The molecular weight excluding hydrogens is 259 g/mol. The summed E-state index contributed by atoms with van der Waals surface area (Å²) in [4.78, 5) is 14.2. The molecule has 1 aromatic carbocycles. The average Bonchev–Trinajstić information content (AvgIpc) is 2.90. The zero-order valence-electron chi connectivity index (χ0n) is 12.0. The van der Waals surface area contributed by atoms with Gasteiger partial charge in [-0.05, 0) is 19.0 Å². The highest BCUT2D eigenvalue weighted by atomic mass is 19.1. The highest BCUT2D eigenvalue weighted by molar-refractivity contribution is 5.83. The fourth-order valence-electron chi connectivity index (χ4n) is 2.75. The molecule has 1 N–H and O–H groups in total. The Bertz CT molecular complexity index is 473. The van der Waals surface area contributed by atoms with Crippen LogP contribution in [0.25, 0.3) is 0 Å². The van der Waals surface area contributed by atoms with Crippen LogP contribution in [0.4, 0.5) is 4.39 Å². The summed E-state index contributed by atoms with van der Waals surface area (Å²) in [5.41, 5.74) is 0.0104. The predicted molar refractivity (Wildman–Crippen MR) is 74.7 cm³/mol. The number of carbonyl (C=O) groups is 1. The van der Waals surface area contributed by atoms with Crippen LogP contribution in [0.5, 0.6) is 0 Å². The zero-order valence-corrected chi connectivity index (χ0v) is 12.0. The quantitative estimate of drug-likeness (QED) is 0.886. The van der Waals surface area contributed by atoms with Crippen molar-refractivity contribution in [3.8, 4) is 0 Å². The van der Waals surface area contributed by atoms with E-state index < -0.39 is 5.41 Å². The van der Waals surface area contributed by atoms with E-state index in [1.807, 2.05) is 0 Å². The maximum atomic E-state index is 13.7. The maximum absolute atomic E-state index is 13.7. The summed E-state index contributed by atoms with van der Waals surface area (Å²) >= 11 is 0. The molecule has 5 heteroatoms. The second-order valence-electron chi connectivity index (χ2n) is 5.39. The molecule has 0 aromatic heterocycles. The van der Waals surface area contributed by atoms with Crippen molar-refractivity contribution in [2.45, 2.75) is 13.0 Å². The summed E-state index contributed by atoms with van der Waals surface area (Å²) < 4.78 is 18.9. The molecule has 1 aliphatic heterocycles. The lowest BCUT2D eigenvalue weighted by atomic mass is 9.86. The highest BCUT2D eigenvalue weighted by Crippen LogP contribution is 2.28. The summed E-state index contributed by atoms with van der Waals surface area (Å²) in [6.07, 6.45) is 0.751. The van der Waals surface area contributed by atoms with Gasteiger partial charge in [-0.1, -0.05) is 18.2 Å². The van der Waals surface area contributed by atoms with Gasteiger partial charge in [0.2, 0.25) is 5.91 Å². The number of ether oxygens (including phenoxy) is 1. The number of hydrogen-bond donors (Lipinski definition) is 1. The Labute approximate surface area is 118 Å². The Morgan fingerprint density at radius 3 is 2.85 bits per heavy atom. The molecule has 1 heterocycles. The molecular formula is C15H21FN2O2. The first-order valence-electron chi connectivity index (χ1n) is 6.78. The van der Waals surface area contributed by atoms with Crippen LogP contribution in [0.15, 0.2) is 24.3 Å². The van der Waals surface area contributed by atoms with Crippen LogP contribution in [0.3, 0.4) is 0 Å². The van der Waals surface area contributed by atoms with E-state index in [1.54, 1.807) is 37.3 Å². The van der Waals surface area contributed by atoms with E-state index in [-0.39, 0.29) is 18.3 Å². The Morgan fingerprint density at radius 2 is 2.25 bits per heavy atom. The molecule has 1 aliphatic rings. The molecule has 0 radical (unpaired) electrons. The van der Waals surface area contributed by atoms with Gasteiger partial charge in [0.15, 0.2) is 0 Å². The Kier molecular flexibility index (Phi) is 4.73. The van der Waals surface area contributed by atoms with Crippen molar-refractivity contribution in [2.24, 2.45) is 5.41 Å². The smallest absolute Gasteiger partial charge is 0.232 e. The summed E-state index contributed by atoms with van der Waals surface area (Å²) in [5, 5.41) is 3.21. The molecule has 1 unspecified atom stereocenters. The van der Waals surface area contributed by atoms with Gasteiger partial charge in [0.05, 0.1) is 12.0 Å². The number of nitrogens with zero attached hydrogens (tertiary/aromatic N) is 1. The van der Waals surface area contributed by atoms with E-state index in [9.17, 15) is 9.18 Å². The molecule has 1 aromatic rings. The van der Waals surface area contributed by atoms with Gasteiger partial charge >= 0.3 is 0 Å². The van der Waals surface area contributed by atoms with E-state index in [4.69, 9.17) is 4.74 Å². The van der Waals surface area contributed by atoms with Crippen LogP contribution in [0.2, 0.25) is 0 Å². The molecule has 0 saturated carbocycles. The highest BCUT2D eigenvalue weighted by Gasteiger charge is 2.43. The standard InChI is InChI=1S/C15H21FN2O2/c1-18(9-12-5-3-4-6-13(12)16)14(19)15(11-20-2)7-8-17-10-15/h3-6,17H,7-11H2,1-2H3. The lowest BCUT2D eigenvalue weighted by molar-refractivity contribution is -0.143. The number of rotatable bonds is 5. The van der Waals surface area contributed by atoms with Crippen molar-refractivity contribution in [3.05, 3.63) is 35.6 Å². The van der Waals surface area contributed by atoms with Gasteiger partial charge in [-0.2, -0.15) is 0 Å². The summed E-state index contributed by atoms with van der Waals surface area (Å²) in [6.45, 7) is 2.08. The normalized spacial score (nSPS) is 21.9. The lowest BCUT2D eigenvalue weighted by Crippen LogP contribution is -2.46. The van der Waals surface area contributed by atoms with Crippen LogP contribution in [0, 0.1) is 11.2 Å². The maximum Gasteiger partial charge on any atom is 0.232 e. The average molecular weight is 280 g/mol. The minimum atomic E-state index is -0.519. The topological polar surface area (TPSA) is 41.6 Å². The monoisotopic (exact) mass is 280 g/mol. The van der Waals surface area contributed by atoms with Gasteiger partial charge in [0.25, 0.3) is 0 Å². The Morgan fingerprint density at radius 1 is 1.50 bits per heavy atom. The summed E-state index contributed by atoms with van der Waals surface area (Å²) in [6, 6.07) is 6.54. The zero-order chi connectivity index (χ0) is 14.6. The number of benzene rings is 1. The van der Waals surface area contributed by atoms with Crippen molar-refractivity contribution in [1.82, 2.24) is 10.2 Å². The van der Waals surface area contributed by atoms with E-state index in [1.165, 1.54) is 6.07 Å². The molecule has 1 amide bonds. The van der Waals surface area contributed by atoms with Crippen LogP contribution in [0.1, 0.15) is 12.0 Å². The number of nitrogens with one attached hydrogen (secondary N) is 1. The van der Waals surface area contributed by atoms with E-state index in [0.29, 0.717) is 18.7 Å². The number of carbonyl (C=O) groups excluding carboxylic acids is 1. The second-order valence-corrected chi connectivity index (χ2v) is 5.39. The van der Waals surface area contributed by atoms with Crippen LogP contribution < -0.4 is 5.32 Å². The molecule has 2 rings (SSSR count). The Hall–Kier alpha value is -1.46. The largest absolute Gasteiger partial charge is 0.384 e. The van der Waals surface area contributed by atoms with Crippen LogP contribution in [-0.2, 0) is 16.1 Å². The first-order chi connectivity index (χ1) is 9.59. The van der Waals surface area contributed by atoms with Crippen molar-refractivity contribution < 1.29 is 13.9 Å². The number of amides is 1. The lowest BCUT2D eigenvalue weighted by Gasteiger charge is -2.31. The molecule has 1 atom stereocenters. The van der Waals surface area contributed by atoms with E-state index in [0.717, 1.165) is 13.0 Å². The molecule has 0 aliphatic carbocycles. The number of halogens is 1. The van der Waals surface area contributed by atoms with Gasteiger partial charge in [-0.15, -0.1) is 0 Å². The fourth-order valence-corrected chi connectivity index (χ4v) is 2.75.